The topological polar surface area (TPSA) is 32.5 Å². The van der Waals surface area contributed by atoms with Crippen LogP contribution in [0.3, 0.4) is 0 Å². The molecule has 0 aliphatic carbocycles. The van der Waals surface area contributed by atoms with E-state index in [1.165, 1.54) is 148 Å². The average molecular weight is 508 g/mol. The largest absolute Gasteiger partial charge is 0.303 e. The maximum absolute atomic E-state index is 7.01. The van der Waals surface area contributed by atoms with Crippen LogP contribution in [0.15, 0.2) is 0 Å². The van der Waals surface area contributed by atoms with Gasteiger partial charge in [-0.3, -0.25) is 9.80 Å². The lowest BCUT2D eigenvalue weighted by Crippen LogP contribution is -2.65. The van der Waals surface area contributed by atoms with Gasteiger partial charge < -0.3 is 5.73 Å². The van der Waals surface area contributed by atoms with E-state index in [2.05, 4.69) is 51.3 Å². The first-order valence-corrected chi connectivity index (χ1v) is 16.7. The Labute approximate surface area is 228 Å². The van der Waals surface area contributed by atoms with Crippen LogP contribution in [-0.4, -0.2) is 42.3 Å². The second kappa shape index (κ2) is 20.8. The van der Waals surface area contributed by atoms with Crippen molar-refractivity contribution in [3.63, 3.8) is 0 Å². The van der Waals surface area contributed by atoms with Crippen molar-refractivity contribution in [3.05, 3.63) is 0 Å². The minimum atomic E-state index is 0.108. The lowest BCUT2D eigenvalue weighted by molar-refractivity contribution is -0.0749. The van der Waals surface area contributed by atoms with E-state index < -0.39 is 0 Å². The fourth-order valence-electron chi connectivity index (χ4n) is 6.49. The number of rotatable bonds is 23. The Balaban J connectivity index is 2.66. The van der Waals surface area contributed by atoms with Crippen molar-refractivity contribution in [3.8, 4) is 0 Å². The van der Waals surface area contributed by atoms with Gasteiger partial charge >= 0.3 is 0 Å². The maximum atomic E-state index is 7.01. The molecule has 216 valence electrons. The third-order valence-corrected chi connectivity index (χ3v) is 9.12. The van der Waals surface area contributed by atoms with Gasteiger partial charge in [0.1, 0.15) is 6.29 Å². The smallest absolute Gasteiger partial charge is 0.114 e. The molecule has 2 N–H and O–H groups in total. The first-order valence-electron chi connectivity index (χ1n) is 16.7. The zero-order chi connectivity index (χ0) is 26.7. The summed E-state index contributed by atoms with van der Waals surface area (Å²) < 4.78 is 0. The molecule has 1 heterocycles. The van der Waals surface area contributed by atoms with Crippen molar-refractivity contribution < 1.29 is 0 Å². The van der Waals surface area contributed by atoms with Gasteiger partial charge in [-0.2, -0.15) is 0 Å². The van der Waals surface area contributed by atoms with Gasteiger partial charge in [0.05, 0.1) is 0 Å². The zero-order valence-corrected chi connectivity index (χ0v) is 26.0. The maximum Gasteiger partial charge on any atom is 0.114 e. The molecule has 0 spiro atoms. The predicted molar refractivity (Wildman–Crippen MR) is 162 cm³/mol. The molecule has 2 unspecified atom stereocenters. The molecule has 1 aliphatic heterocycles. The number of hydrogen-bond acceptors (Lipinski definition) is 3. The number of hydrogen-bond donors (Lipinski definition) is 1. The Morgan fingerprint density at radius 3 is 1.39 bits per heavy atom. The quantitative estimate of drug-likeness (QED) is 0.140. The van der Waals surface area contributed by atoms with Gasteiger partial charge in [-0.05, 0) is 36.5 Å². The van der Waals surface area contributed by atoms with Crippen molar-refractivity contribution >= 4 is 0 Å². The van der Waals surface area contributed by atoms with Gasteiger partial charge in [-0.25, -0.2) is 0 Å². The average Bonchev–Trinajstić information content (AvgIpc) is 2.87. The first kappa shape index (κ1) is 33.9. The Kier molecular flexibility index (Phi) is 19.6. The van der Waals surface area contributed by atoms with Crippen LogP contribution in [0.1, 0.15) is 164 Å². The molecule has 1 saturated heterocycles. The minimum Gasteiger partial charge on any atom is -0.303 e. The highest BCUT2D eigenvalue weighted by molar-refractivity contribution is 4.91. The first-order chi connectivity index (χ1) is 17.4. The van der Waals surface area contributed by atoms with E-state index in [9.17, 15) is 0 Å². The Bertz CT molecular complexity index is 465. The highest BCUT2D eigenvalue weighted by Gasteiger charge is 2.40. The molecule has 0 aromatic heterocycles. The van der Waals surface area contributed by atoms with Gasteiger partial charge in [0.2, 0.25) is 0 Å². The van der Waals surface area contributed by atoms with E-state index in [1.807, 2.05) is 0 Å². The summed E-state index contributed by atoms with van der Waals surface area (Å²) in [6.45, 7) is 19.1. The molecule has 3 heteroatoms. The molecule has 1 fully saturated rings. The molecule has 0 bridgehead atoms. The normalized spacial score (nSPS) is 23.2. The Morgan fingerprint density at radius 1 is 0.611 bits per heavy atom. The van der Waals surface area contributed by atoms with E-state index in [4.69, 9.17) is 5.73 Å². The Morgan fingerprint density at radius 2 is 1.00 bits per heavy atom. The van der Waals surface area contributed by atoms with Crippen LogP contribution in [0, 0.1) is 17.3 Å². The van der Waals surface area contributed by atoms with Crippen LogP contribution in [0.25, 0.3) is 0 Å². The summed E-state index contributed by atoms with van der Waals surface area (Å²) in [5, 5.41) is 0. The van der Waals surface area contributed by atoms with E-state index >= 15 is 0 Å². The van der Waals surface area contributed by atoms with Gasteiger partial charge in [-0.1, -0.05) is 144 Å². The molecule has 1 aliphatic rings. The third-order valence-electron chi connectivity index (χ3n) is 9.12. The van der Waals surface area contributed by atoms with Crippen LogP contribution in [0.4, 0.5) is 0 Å². The fraction of sp³-hybridized carbons (Fsp3) is 1.00. The predicted octanol–water partition coefficient (Wildman–Crippen LogP) is 9.60. The molecular weight excluding hydrogens is 438 g/mol. The minimum absolute atomic E-state index is 0.108. The molecule has 0 aromatic carbocycles. The lowest BCUT2D eigenvalue weighted by Gasteiger charge is -2.52. The summed E-state index contributed by atoms with van der Waals surface area (Å²) in [7, 11) is 0. The number of nitrogens with zero attached hydrogens (tertiary/aromatic N) is 2. The molecule has 0 amide bonds. The van der Waals surface area contributed by atoms with Gasteiger partial charge in [-0.15, -0.1) is 0 Å². The SMILES string of the molecule is CCCCCCCCCCCCC1(C)CN(CC(CC)CCCC)C(N)N(CC(CC)CCCC)C1. The highest BCUT2D eigenvalue weighted by atomic mass is 15.4. The zero-order valence-electron chi connectivity index (χ0n) is 26.0. The summed E-state index contributed by atoms with van der Waals surface area (Å²) in [5.41, 5.74) is 7.39. The summed E-state index contributed by atoms with van der Waals surface area (Å²) in [6.07, 6.45) is 26.3. The van der Waals surface area contributed by atoms with Crippen LogP contribution in [0.5, 0.6) is 0 Å². The third kappa shape index (κ3) is 14.1. The van der Waals surface area contributed by atoms with Crippen molar-refractivity contribution in [1.29, 1.82) is 0 Å². The number of nitrogens with two attached hydrogens (primary N) is 1. The summed E-state index contributed by atoms with van der Waals surface area (Å²) in [5.74, 6) is 1.58. The second-order valence-electron chi connectivity index (χ2n) is 12.8. The van der Waals surface area contributed by atoms with E-state index in [0.29, 0.717) is 5.41 Å². The molecule has 0 radical (unpaired) electrons. The van der Waals surface area contributed by atoms with Crippen LogP contribution in [0.2, 0.25) is 0 Å². The summed E-state index contributed by atoms with van der Waals surface area (Å²) >= 11 is 0. The molecule has 36 heavy (non-hydrogen) atoms. The van der Waals surface area contributed by atoms with E-state index in [1.54, 1.807) is 0 Å². The van der Waals surface area contributed by atoms with Crippen LogP contribution in [-0.2, 0) is 0 Å². The van der Waals surface area contributed by atoms with Gasteiger partial charge in [0.25, 0.3) is 0 Å². The lowest BCUT2D eigenvalue weighted by atomic mass is 9.80. The van der Waals surface area contributed by atoms with Crippen molar-refractivity contribution in [2.24, 2.45) is 23.0 Å². The molecule has 3 nitrogen and oxygen atoms in total. The molecule has 1 rings (SSSR count). The van der Waals surface area contributed by atoms with Crippen molar-refractivity contribution in [2.75, 3.05) is 26.2 Å². The molecule has 0 saturated carbocycles. The van der Waals surface area contributed by atoms with Crippen molar-refractivity contribution in [2.45, 2.75) is 170 Å². The monoisotopic (exact) mass is 508 g/mol. The fourth-order valence-corrected chi connectivity index (χ4v) is 6.49. The van der Waals surface area contributed by atoms with Crippen LogP contribution < -0.4 is 5.73 Å². The highest BCUT2D eigenvalue weighted by Crippen LogP contribution is 2.34. The standard InChI is InChI=1S/C33H69N3/c1-7-12-15-16-17-18-19-20-21-22-25-33(6)28-35(26-30(10-4)23-13-8-2)32(34)36(29-33)27-31(11-5)24-14-9-3/h30-32H,7-29,34H2,1-6H3. The van der Waals surface area contributed by atoms with E-state index in [0.717, 1.165) is 11.8 Å². The van der Waals surface area contributed by atoms with Crippen molar-refractivity contribution in [1.82, 2.24) is 9.80 Å². The Hall–Kier alpha value is -0.120. The van der Waals surface area contributed by atoms with E-state index in [-0.39, 0.29) is 6.29 Å². The number of unbranched alkanes of at least 4 members (excludes halogenated alkanes) is 11. The molecule has 0 aromatic rings. The summed E-state index contributed by atoms with van der Waals surface area (Å²) in [6, 6.07) is 0. The second-order valence-corrected chi connectivity index (χ2v) is 12.8. The van der Waals surface area contributed by atoms with Gasteiger partial charge in [0, 0.05) is 26.2 Å². The summed E-state index contributed by atoms with van der Waals surface area (Å²) in [4.78, 5) is 5.38. The van der Waals surface area contributed by atoms with Gasteiger partial charge in [0.15, 0.2) is 0 Å². The molecule has 2 atom stereocenters. The van der Waals surface area contributed by atoms with Crippen LogP contribution >= 0.6 is 0 Å². The molecular formula is C33H69N3.